The average molecular weight is 361 g/mol. The summed E-state index contributed by atoms with van der Waals surface area (Å²) in [6.45, 7) is 2.05. The van der Waals surface area contributed by atoms with E-state index in [1.807, 2.05) is 0 Å². The van der Waals surface area contributed by atoms with Crippen LogP contribution in [-0.2, 0) is 9.53 Å². The summed E-state index contributed by atoms with van der Waals surface area (Å²) in [7, 11) is 0. The Hall–Kier alpha value is -2.50. The third kappa shape index (κ3) is 3.84. The molecule has 1 aromatic rings. The number of halogens is 1. The molecular formula is C18H20FN3O4. The number of rotatable bonds is 3. The highest BCUT2D eigenvalue weighted by Gasteiger charge is 2.39. The first-order valence-electron chi connectivity index (χ1n) is 8.54. The predicted molar refractivity (Wildman–Crippen MR) is 88.5 cm³/mol. The van der Waals surface area contributed by atoms with E-state index >= 15 is 0 Å². The Bertz CT molecular complexity index is 742. The van der Waals surface area contributed by atoms with E-state index in [2.05, 4.69) is 5.32 Å². The summed E-state index contributed by atoms with van der Waals surface area (Å²) in [5.74, 6) is -1.89. The van der Waals surface area contributed by atoms with Crippen molar-refractivity contribution in [3.63, 3.8) is 0 Å². The lowest BCUT2D eigenvalue weighted by Gasteiger charge is -2.29. The van der Waals surface area contributed by atoms with E-state index in [-0.39, 0.29) is 29.4 Å². The summed E-state index contributed by atoms with van der Waals surface area (Å²) in [6, 6.07) is 4.77. The summed E-state index contributed by atoms with van der Waals surface area (Å²) in [5.41, 5.74) is -0.0738. The largest absolute Gasteiger partial charge is 0.391 e. The lowest BCUT2D eigenvalue weighted by Crippen LogP contribution is -2.43. The van der Waals surface area contributed by atoms with Crippen LogP contribution in [0.3, 0.4) is 0 Å². The van der Waals surface area contributed by atoms with Gasteiger partial charge in [-0.3, -0.25) is 9.59 Å². The fraction of sp³-hybridized carbons (Fsp3) is 0.500. The van der Waals surface area contributed by atoms with Gasteiger partial charge in [0.1, 0.15) is 5.82 Å². The molecule has 2 fully saturated rings. The number of benzene rings is 1. The number of hydrogen-bond donors (Lipinski definition) is 2. The second-order valence-corrected chi connectivity index (χ2v) is 6.56. The van der Waals surface area contributed by atoms with Crippen LogP contribution in [0, 0.1) is 23.1 Å². The lowest BCUT2D eigenvalue weighted by atomic mass is 10.1. The van der Waals surface area contributed by atoms with E-state index in [1.165, 1.54) is 12.1 Å². The highest BCUT2D eigenvalue weighted by atomic mass is 19.1. The van der Waals surface area contributed by atoms with E-state index in [0.29, 0.717) is 32.7 Å². The van der Waals surface area contributed by atoms with E-state index in [0.717, 1.165) is 6.07 Å². The number of nitriles is 1. The molecule has 0 bridgehead atoms. The average Bonchev–Trinajstić information content (AvgIpc) is 3.02. The molecule has 8 heteroatoms. The molecule has 0 spiro atoms. The van der Waals surface area contributed by atoms with Crippen LogP contribution < -0.4 is 5.32 Å². The van der Waals surface area contributed by atoms with Gasteiger partial charge in [-0.1, -0.05) is 0 Å². The van der Waals surface area contributed by atoms with Gasteiger partial charge in [0.25, 0.3) is 5.91 Å². The molecule has 1 aromatic carbocycles. The molecule has 1 heterocycles. The molecule has 1 aliphatic carbocycles. The maximum Gasteiger partial charge on any atom is 0.254 e. The van der Waals surface area contributed by atoms with Gasteiger partial charge in [0, 0.05) is 19.0 Å². The number of aliphatic hydroxyl groups excluding tert-OH is 1. The molecule has 1 saturated heterocycles. The molecule has 2 amide bonds. The Balaban J connectivity index is 1.62. The SMILES string of the molecule is N#Cc1ccc(C(=O)N[C@H]2C[C@H](C(=O)N3CCOCC3)C[C@@H]2O)c(F)c1. The highest BCUT2D eigenvalue weighted by Crippen LogP contribution is 2.28. The van der Waals surface area contributed by atoms with Crippen LogP contribution in [0.1, 0.15) is 28.8 Å². The molecule has 138 valence electrons. The van der Waals surface area contributed by atoms with Crippen molar-refractivity contribution < 1.29 is 23.8 Å². The van der Waals surface area contributed by atoms with Gasteiger partial charge >= 0.3 is 0 Å². The quantitative estimate of drug-likeness (QED) is 0.813. The maximum absolute atomic E-state index is 14.0. The lowest BCUT2D eigenvalue weighted by molar-refractivity contribution is -0.139. The number of carbonyl (C=O) groups is 2. The first-order valence-corrected chi connectivity index (χ1v) is 8.54. The zero-order valence-electron chi connectivity index (χ0n) is 14.2. The van der Waals surface area contributed by atoms with Crippen molar-refractivity contribution in [3.05, 3.63) is 35.1 Å². The molecule has 3 atom stereocenters. The minimum Gasteiger partial charge on any atom is -0.391 e. The molecule has 3 rings (SSSR count). The van der Waals surface area contributed by atoms with Crippen molar-refractivity contribution in [2.75, 3.05) is 26.3 Å². The van der Waals surface area contributed by atoms with Crippen LogP contribution in [0.15, 0.2) is 18.2 Å². The van der Waals surface area contributed by atoms with Crippen molar-refractivity contribution >= 4 is 11.8 Å². The summed E-state index contributed by atoms with van der Waals surface area (Å²) in [6.07, 6.45) is -0.298. The minimum absolute atomic E-state index is 0.0475. The maximum atomic E-state index is 14.0. The van der Waals surface area contributed by atoms with E-state index < -0.39 is 23.9 Å². The van der Waals surface area contributed by atoms with Gasteiger partial charge in [0.15, 0.2) is 0 Å². The number of nitrogens with one attached hydrogen (secondary N) is 1. The topological polar surface area (TPSA) is 103 Å². The van der Waals surface area contributed by atoms with Gasteiger partial charge in [0.05, 0.1) is 42.6 Å². The summed E-state index contributed by atoms with van der Waals surface area (Å²) >= 11 is 0. The van der Waals surface area contributed by atoms with E-state index in [1.54, 1.807) is 11.0 Å². The molecule has 0 unspecified atom stereocenters. The molecule has 0 radical (unpaired) electrons. The molecule has 7 nitrogen and oxygen atoms in total. The van der Waals surface area contributed by atoms with E-state index in [9.17, 15) is 19.1 Å². The smallest absolute Gasteiger partial charge is 0.254 e. The normalized spacial score (nSPS) is 25.6. The fourth-order valence-corrected chi connectivity index (χ4v) is 3.43. The standard InChI is InChI=1S/C18H20FN3O4/c19-14-7-11(10-20)1-2-13(14)17(24)21-15-8-12(9-16(15)23)18(25)22-3-5-26-6-4-22/h1-2,7,12,15-16,23H,3-6,8-9H2,(H,21,24)/t12-,15-,16-/m0/s1. The molecule has 0 aromatic heterocycles. The number of nitrogens with zero attached hydrogens (tertiary/aromatic N) is 2. The van der Waals surface area contributed by atoms with Crippen LogP contribution in [0.5, 0.6) is 0 Å². The second-order valence-electron chi connectivity index (χ2n) is 6.56. The first-order chi connectivity index (χ1) is 12.5. The molecule has 1 aliphatic heterocycles. The predicted octanol–water partition coefficient (Wildman–Crippen LogP) is 0.425. The van der Waals surface area contributed by atoms with Crippen molar-refractivity contribution in [1.82, 2.24) is 10.2 Å². The van der Waals surface area contributed by atoms with Crippen LogP contribution in [-0.4, -0.2) is 60.3 Å². The Morgan fingerprint density at radius 3 is 2.69 bits per heavy atom. The summed E-state index contributed by atoms with van der Waals surface area (Å²) < 4.78 is 19.2. The Morgan fingerprint density at radius 2 is 2.04 bits per heavy atom. The van der Waals surface area contributed by atoms with Gasteiger partial charge < -0.3 is 20.1 Å². The van der Waals surface area contributed by atoms with Crippen molar-refractivity contribution in [2.24, 2.45) is 5.92 Å². The van der Waals surface area contributed by atoms with Crippen molar-refractivity contribution in [1.29, 1.82) is 5.26 Å². The van der Waals surface area contributed by atoms with Crippen LogP contribution in [0.2, 0.25) is 0 Å². The number of hydrogen-bond acceptors (Lipinski definition) is 5. The summed E-state index contributed by atoms with van der Waals surface area (Å²) in [5, 5.41) is 21.6. The van der Waals surface area contributed by atoms with Gasteiger partial charge in [-0.05, 0) is 31.0 Å². The Labute approximate surface area is 150 Å². The number of carbonyl (C=O) groups excluding carboxylic acids is 2. The van der Waals surface area contributed by atoms with Gasteiger partial charge in [-0.15, -0.1) is 0 Å². The molecule has 1 saturated carbocycles. The van der Waals surface area contributed by atoms with Crippen LogP contribution >= 0.6 is 0 Å². The molecular weight excluding hydrogens is 341 g/mol. The highest BCUT2D eigenvalue weighted by molar-refractivity contribution is 5.95. The summed E-state index contributed by atoms with van der Waals surface area (Å²) in [4.78, 5) is 26.5. The molecule has 2 aliphatic rings. The third-order valence-corrected chi connectivity index (χ3v) is 4.86. The zero-order chi connectivity index (χ0) is 18.7. The third-order valence-electron chi connectivity index (χ3n) is 4.86. The molecule has 2 N–H and O–H groups in total. The van der Waals surface area contributed by atoms with Crippen molar-refractivity contribution in [3.8, 4) is 6.07 Å². The fourth-order valence-electron chi connectivity index (χ4n) is 3.43. The first kappa shape index (κ1) is 18.3. The van der Waals surface area contributed by atoms with Crippen LogP contribution in [0.25, 0.3) is 0 Å². The number of amides is 2. The second kappa shape index (κ2) is 7.81. The van der Waals surface area contributed by atoms with Gasteiger partial charge in [-0.2, -0.15) is 5.26 Å². The van der Waals surface area contributed by atoms with Crippen LogP contribution in [0.4, 0.5) is 4.39 Å². The van der Waals surface area contributed by atoms with Gasteiger partial charge in [0.2, 0.25) is 5.91 Å². The minimum atomic E-state index is -0.865. The Kier molecular flexibility index (Phi) is 5.49. The Morgan fingerprint density at radius 1 is 1.31 bits per heavy atom. The van der Waals surface area contributed by atoms with Crippen molar-refractivity contribution in [2.45, 2.75) is 25.0 Å². The molecule has 26 heavy (non-hydrogen) atoms. The number of ether oxygens (including phenoxy) is 1. The monoisotopic (exact) mass is 361 g/mol. The number of aliphatic hydroxyl groups is 1. The zero-order valence-corrected chi connectivity index (χ0v) is 14.2. The van der Waals surface area contributed by atoms with E-state index in [4.69, 9.17) is 10.00 Å². The number of morpholine rings is 1. The van der Waals surface area contributed by atoms with Gasteiger partial charge in [-0.25, -0.2) is 4.39 Å².